The van der Waals surface area contributed by atoms with Crippen molar-refractivity contribution in [1.29, 1.82) is 0 Å². The van der Waals surface area contributed by atoms with Gasteiger partial charge in [0, 0.05) is 88.0 Å². The summed E-state index contributed by atoms with van der Waals surface area (Å²) in [4.78, 5) is 35.7. The number of para-hydroxylation sites is 6. The first-order valence-electron chi connectivity index (χ1n) is 31.2. The van der Waals surface area contributed by atoms with Gasteiger partial charge in [0.05, 0.1) is 34.1 Å². The lowest BCUT2D eigenvalue weighted by Gasteiger charge is -2.39. The molecule has 15 aromatic rings. The number of aromatic nitrogens is 6. The summed E-state index contributed by atoms with van der Waals surface area (Å²) in [5.74, 6) is 0. The highest BCUT2D eigenvalue weighted by atomic mass is 15.3. The molecule has 0 aliphatic rings. The summed E-state index contributed by atoms with van der Waals surface area (Å²) in [6.07, 6.45) is 15.8. The maximum atomic E-state index is 4.34. The molecule has 3 heterocycles. The van der Waals surface area contributed by atoms with Crippen LogP contribution < -0.4 is 19.6 Å². The summed E-state index contributed by atoms with van der Waals surface area (Å²) >= 11 is 0. The van der Waals surface area contributed by atoms with E-state index in [1.54, 1.807) is 19.0 Å². The predicted octanol–water partition coefficient (Wildman–Crippen LogP) is 21.9. The van der Waals surface area contributed by atoms with Crippen LogP contribution in [0, 0.1) is 0 Å². The van der Waals surface area contributed by atoms with E-state index < -0.39 is 0 Å². The molecule has 3 aromatic heterocycles. The summed E-state index contributed by atoms with van der Waals surface area (Å²) in [5, 5.41) is 0. The number of nitrogens with zero attached hydrogens (tertiary/aromatic N) is 10. The smallest absolute Gasteiger partial charge is 0.115 e. The maximum Gasteiger partial charge on any atom is 0.115 e. The van der Waals surface area contributed by atoms with Crippen molar-refractivity contribution < 1.29 is 0 Å². The van der Waals surface area contributed by atoms with Gasteiger partial charge >= 0.3 is 0 Å². The van der Waals surface area contributed by atoms with Gasteiger partial charge in [0.1, 0.15) is 19.0 Å². The Labute approximate surface area is 547 Å². The Balaban J connectivity index is 1.05. The first-order chi connectivity index (χ1) is 46.6. The zero-order valence-corrected chi connectivity index (χ0v) is 51.1. The van der Waals surface area contributed by atoms with Gasteiger partial charge in [0.2, 0.25) is 0 Å². The van der Waals surface area contributed by atoms with E-state index in [1.807, 2.05) is 37.2 Å². The van der Waals surface area contributed by atoms with Crippen LogP contribution in [-0.4, -0.2) is 29.9 Å². The lowest BCUT2D eigenvalue weighted by Crippen LogP contribution is -2.22. The quantitative estimate of drug-likeness (QED) is 0.0827. The van der Waals surface area contributed by atoms with E-state index in [4.69, 9.17) is 0 Å². The van der Waals surface area contributed by atoms with Gasteiger partial charge < -0.3 is 19.6 Å². The van der Waals surface area contributed by atoms with Crippen LogP contribution >= 0.6 is 0 Å². The van der Waals surface area contributed by atoms with E-state index in [-0.39, 0.29) is 0 Å². The van der Waals surface area contributed by atoms with Gasteiger partial charge in [-0.15, -0.1) is 0 Å². The minimum Gasteiger partial charge on any atom is -0.308 e. The van der Waals surface area contributed by atoms with Crippen LogP contribution in [0.2, 0.25) is 0 Å². The van der Waals surface area contributed by atoms with Gasteiger partial charge in [-0.05, 0) is 159 Å². The first-order valence-corrected chi connectivity index (χ1v) is 31.2. The monoisotopic (exact) mass is 1210 g/mol. The van der Waals surface area contributed by atoms with Crippen molar-refractivity contribution in [3.63, 3.8) is 0 Å². The van der Waals surface area contributed by atoms with Gasteiger partial charge in [-0.25, -0.2) is 29.9 Å². The number of anilines is 12. The van der Waals surface area contributed by atoms with E-state index in [9.17, 15) is 0 Å². The average molecular weight is 1210 g/mol. The largest absolute Gasteiger partial charge is 0.308 e. The molecule has 0 radical (unpaired) electrons. The predicted molar refractivity (Wildman–Crippen MR) is 385 cm³/mol. The second-order valence-corrected chi connectivity index (χ2v) is 22.6. The van der Waals surface area contributed by atoms with Crippen molar-refractivity contribution in [2.24, 2.45) is 0 Å². The lowest BCUT2D eigenvalue weighted by atomic mass is 9.97. The Kier molecular flexibility index (Phi) is 16.3. The molecule has 0 bridgehead atoms. The molecule has 0 fully saturated rings. The summed E-state index contributed by atoms with van der Waals surface area (Å²) in [7, 11) is 0. The molecular formula is C84H60N10. The van der Waals surface area contributed by atoms with Gasteiger partial charge in [-0.3, -0.25) is 0 Å². The van der Waals surface area contributed by atoms with Crippen molar-refractivity contribution in [3.05, 3.63) is 366 Å². The van der Waals surface area contributed by atoms with Gasteiger partial charge in [0.15, 0.2) is 0 Å². The molecule has 0 amide bonds. The average Bonchev–Trinajstić information content (AvgIpc) is 0.741. The van der Waals surface area contributed by atoms with Gasteiger partial charge in [-0.1, -0.05) is 200 Å². The number of hydrogen-bond acceptors (Lipinski definition) is 10. The first kappa shape index (κ1) is 57.5. The molecular weight excluding hydrogens is 1150 g/mol. The summed E-state index contributed by atoms with van der Waals surface area (Å²) in [6, 6.07) is 111. The number of rotatable bonds is 18. The van der Waals surface area contributed by atoms with Crippen LogP contribution in [0.25, 0.3) is 66.8 Å². The Bertz CT molecular complexity index is 4340. The molecule has 10 nitrogen and oxygen atoms in total. The standard InChI is InChI=1S/C84H60N10/c1-7-19-73(20-8-1)91(74-21-9-2-10-22-74)82-49-67(61-31-37-64(38-32-61)70-52-85-58-86-53-70)43-46-79(82)94(80-47-44-68(62-33-39-65(40-34-62)71-54-87-59-88-55-71)50-83(80)92(75-23-11-3-12-24-75)76-25-13-4-14-26-76)81-48-45-69(63-35-41-66(42-36-63)72-56-89-60-90-57-72)51-84(81)93(77-27-15-5-16-28-77)78-29-17-6-18-30-78/h1-60H. The molecule has 446 valence electrons. The minimum absolute atomic E-state index is 0.906. The lowest BCUT2D eigenvalue weighted by molar-refractivity contribution is 1.17. The SMILES string of the molecule is c1ccc(N(c2ccccc2)c2cc(-c3ccc(-c4cncnc4)cc3)ccc2N(c2ccc(-c3ccc(-c4cncnc4)cc3)cc2N(c2ccccc2)c2ccccc2)c2ccc(-c3ccc(-c4cncnc4)cc3)cc2N(c2ccccc2)c2ccccc2)cc1. The van der Waals surface area contributed by atoms with E-state index in [0.29, 0.717) is 0 Å². The molecule has 0 spiro atoms. The second kappa shape index (κ2) is 26.7. The van der Waals surface area contributed by atoms with Crippen molar-refractivity contribution in [2.75, 3.05) is 19.6 Å². The van der Waals surface area contributed by atoms with Crippen molar-refractivity contribution in [2.45, 2.75) is 0 Å². The molecule has 0 saturated heterocycles. The topological polar surface area (TPSA) is 90.3 Å². The van der Waals surface area contributed by atoms with Crippen molar-refractivity contribution in [1.82, 2.24) is 29.9 Å². The second-order valence-electron chi connectivity index (χ2n) is 22.6. The third kappa shape index (κ3) is 12.0. The Hall–Kier alpha value is -12.9. The molecule has 0 unspecified atom stereocenters. The van der Waals surface area contributed by atoms with Crippen LogP contribution in [0.15, 0.2) is 366 Å². The molecule has 0 N–H and O–H groups in total. The van der Waals surface area contributed by atoms with Crippen molar-refractivity contribution in [3.8, 4) is 66.8 Å². The Morgan fingerprint density at radius 1 is 0.149 bits per heavy atom. The van der Waals surface area contributed by atoms with E-state index in [0.717, 1.165) is 135 Å². The Morgan fingerprint density at radius 2 is 0.330 bits per heavy atom. The molecule has 0 aliphatic heterocycles. The summed E-state index contributed by atoms with van der Waals surface area (Å²) in [5.41, 5.74) is 23.6. The van der Waals surface area contributed by atoms with E-state index in [1.165, 1.54) is 0 Å². The number of hydrogen-bond donors (Lipinski definition) is 0. The Morgan fingerprint density at radius 3 is 0.532 bits per heavy atom. The highest BCUT2D eigenvalue weighted by molar-refractivity contribution is 6.03. The fourth-order valence-electron chi connectivity index (χ4n) is 12.3. The highest BCUT2D eigenvalue weighted by Crippen LogP contribution is 2.55. The molecule has 10 heteroatoms. The van der Waals surface area contributed by atoms with Gasteiger partial charge in [0.25, 0.3) is 0 Å². The summed E-state index contributed by atoms with van der Waals surface area (Å²) < 4.78 is 0. The fraction of sp³-hybridized carbons (Fsp3) is 0. The maximum absolute atomic E-state index is 4.34. The van der Waals surface area contributed by atoms with Crippen LogP contribution in [0.1, 0.15) is 0 Å². The third-order valence-corrected chi connectivity index (χ3v) is 16.8. The normalized spacial score (nSPS) is 11.0. The van der Waals surface area contributed by atoms with Crippen molar-refractivity contribution >= 4 is 68.2 Å². The van der Waals surface area contributed by atoms with Crippen LogP contribution in [0.3, 0.4) is 0 Å². The van der Waals surface area contributed by atoms with E-state index in [2.05, 4.69) is 359 Å². The molecule has 15 rings (SSSR count). The molecule has 0 aliphatic carbocycles. The van der Waals surface area contributed by atoms with Crippen LogP contribution in [0.4, 0.5) is 68.2 Å². The molecule has 94 heavy (non-hydrogen) atoms. The zero-order valence-electron chi connectivity index (χ0n) is 51.1. The number of benzene rings is 12. The van der Waals surface area contributed by atoms with Crippen LogP contribution in [0.5, 0.6) is 0 Å². The molecule has 0 saturated carbocycles. The summed E-state index contributed by atoms with van der Waals surface area (Å²) in [6.45, 7) is 0. The zero-order chi connectivity index (χ0) is 62.8. The highest BCUT2D eigenvalue weighted by Gasteiger charge is 2.31. The van der Waals surface area contributed by atoms with E-state index >= 15 is 0 Å². The molecule has 0 atom stereocenters. The van der Waals surface area contributed by atoms with Crippen LogP contribution in [-0.2, 0) is 0 Å². The third-order valence-electron chi connectivity index (χ3n) is 16.8. The fourth-order valence-corrected chi connectivity index (χ4v) is 12.3. The molecule has 12 aromatic carbocycles. The minimum atomic E-state index is 0.906. The van der Waals surface area contributed by atoms with Gasteiger partial charge in [-0.2, -0.15) is 0 Å².